The Morgan fingerprint density at radius 3 is 2.48 bits per heavy atom. The van der Waals surface area contributed by atoms with E-state index in [-0.39, 0.29) is 41.3 Å². The molecule has 0 spiro atoms. The first kappa shape index (κ1) is 16.3. The lowest BCUT2D eigenvalue weighted by atomic mass is 9.63. The van der Waals surface area contributed by atoms with Crippen LogP contribution in [0.1, 0.15) is 48.0 Å². The van der Waals surface area contributed by atoms with Crippen molar-refractivity contribution in [3.05, 3.63) is 0 Å². The third-order valence-electron chi connectivity index (χ3n) is 5.01. The van der Waals surface area contributed by atoms with Crippen LogP contribution in [0.3, 0.4) is 0 Å². The van der Waals surface area contributed by atoms with Crippen molar-refractivity contribution in [2.45, 2.75) is 72.2 Å². The van der Waals surface area contributed by atoms with Gasteiger partial charge in [-0.2, -0.15) is 0 Å². The third kappa shape index (κ3) is 2.56. The largest absolute Gasteiger partial charge is 0.378 e. The Bertz CT molecular complexity index is 433. The van der Waals surface area contributed by atoms with Crippen molar-refractivity contribution in [2.75, 3.05) is 6.61 Å². The van der Waals surface area contributed by atoms with Gasteiger partial charge in [-0.25, -0.2) is 0 Å². The number of amides is 2. The maximum Gasteiger partial charge on any atom is 0.245 e. The molecule has 2 amide bonds. The van der Waals surface area contributed by atoms with E-state index in [1.165, 1.54) is 0 Å². The third-order valence-corrected chi connectivity index (χ3v) is 5.01. The molecule has 1 saturated heterocycles. The van der Waals surface area contributed by atoms with Crippen LogP contribution in [-0.2, 0) is 14.3 Å². The first-order valence-corrected chi connectivity index (χ1v) is 7.95. The highest BCUT2D eigenvalue weighted by Gasteiger charge is 2.57. The first-order chi connectivity index (χ1) is 9.71. The van der Waals surface area contributed by atoms with Gasteiger partial charge in [0.05, 0.1) is 6.10 Å². The molecular formula is C16H28N2O3. The first-order valence-electron chi connectivity index (χ1n) is 7.95. The normalized spacial score (nSPS) is 35.7. The van der Waals surface area contributed by atoms with Crippen molar-refractivity contribution in [1.82, 2.24) is 10.2 Å². The molecule has 0 aromatic heterocycles. The summed E-state index contributed by atoms with van der Waals surface area (Å²) in [6.45, 7) is 12.7. The van der Waals surface area contributed by atoms with Gasteiger partial charge in [-0.1, -0.05) is 27.7 Å². The SMILES string of the molecule is CCOC1CC(N2C(=O)C(C)NC(=O)C2C(C)C)C1(C)C. The van der Waals surface area contributed by atoms with E-state index in [9.17, 15) is 9.59 Å². The van der Waals surface area contributed by atoms with Crippen molar-refractivity contribution in [3.63, 3.8) is 0 Å². The van der Waals surface area contributed by atoms with Crippen molar-refractivity contribution >= 4 is 11.8 Å². The van der Waals surface area contributed by atoms with Gasteiger partial charge in [0.25, 0.3) is 0 Å². The average Bonchev–Trinajstić information content (AvgIpc) is 2.38. The topological polar surface area (TPSA) is 58.6 Å². The van der Waals surface area contributed by atoms with Crippen LogP contribution in [0.25, 0.3) is 0 Å². The van der Waals surface area contributed by atoms with E-state index in [0.29, 0.717) is 6.61 Å². The van der Waals surface area contributed by atoms with E-state index in [1.807, 2.05) is 25.7 Å². The van der Waals surface area contributed by atoms with Gasteiger partial charge in [0.2, 0.25) is 11.8 Å². The van der Waals surface area contributed by atoms with Gasteiger partial charge in [-0.15, -0.1) is 0 Å². The summed E-state index contributed by atoms with van der Waals surface area (Å²) in [5, 5.41) is 2.80. The van der Waals surface area contributed by atoms with E-state index in [1.54, 1.807) is 6.92 Å². The molecule has 1 aliphatic heterocycles. The van der Waals surface area contributed by atoms with Gasteiger partial charge in [-0.05, 0) is 26.2 Å². The van der Waals surface area contributed by atoms with Crippen LogP contribution in [-0.4, -0.2) is 47.6 Å². The number of nitrogens with one attached hydrogen (secondary N) is 1. The summed E-state index contributed by atoms with van der Waals surface area (Å²) in [4.78, 5) is 26.8. The van der Waals surface area contributed by atoms with Gasteiger partial charge >= 0.3 is 0 Å². The second-order valence-corrected chi connectivity index (χ2v) is 7.18. The second-order valence-electron chi connectivity index (χ2n) is 7.18. The molecule has 0 radical (unpaired) electrons. The van der Waals surface area contributed by atoms with Gasteiger partial charge < -0.3 is 15.0 Å². The molecule has 21 heavy (non-hydrogen) atoms. The standard InChI is InChI=1S/C16H28N2O3/c1-7-21-12-8-11(16(12,5)6)18-13(9(2)3)14(19)17-10(4)15(18)20/h9-13H,7-8H2,1-6H3,(H,17,19). The fourth-order valence-electron chi connectivity index (χ4n) is 3.64. The van der Waals surface area contributed by atoms with Crippen LogP contribution >= 0.6 is 0 Å². The molecule has 2 aliphatic rings. The zero-order chi connectivity index (χ0) is 15.9. The average molecular weight is 296 g/mol. The number of hydrogen-bond donors (Lipinski definition) is 1. The van der Waals surface area contributed by atoms with E-state index in [0.717, 1.165) is 6.42 Å². The molecule has 1 N–H and O–H groups in total. The van der Waals surface area contributed by atoms with E-state index < -0.39 is 6.04 Å². The van der Waals surface area contributed by atoms with Crippen molar-refractivity contribution in [1.29, 1.82) is 0 Å². The number of nitrogens with zero attached hydrogens (tertiary/aromatic N) is 1. The monoisotopic (exact) mass is 296 g/mol. The molecule has 5 nitrogen and oxygen atoms in total. The quantitative estimate of drug-likeness (QED) is 0.856. The maximum absolute atomic E-state index is 12.6. The Balaban J connectivity index is 2.26. The molecule has 2 fully saturated rings. The lowest BCUT2D eigenvalue weighted by Gasteiger charge is -2.58. The number of piperazine rings is 1. The highest BCUT2D eigenvalue weighted by molar-refractivity contribution is 5.97. The Morgan fingerprint density at radius 2 is 2.00 bits per heavy atom. The molecule has 0 aromatic rings. The molecule has 4 atom stereocenters. The van der Waals surface area contributed by atoms with Gasteiger partial charge in [0, 0.05) is 18.1 Å². The Hall–Kier alpha value is -1.10. The van der Waals surface area contributed by atoms with Crippen LogP contribution in [0.4, 0.5) is 0 Å². The molecule has 0 bridgehead atoms. The fraction of sp³-hybridized carbons (Fsp3) is 0.875. The molecule has 4 unspecified atom stereocenters. The van der Waals surface area contributed by atoms with Crippen LogP contribution in [0.15, 0.2) is 0 Å². The molecular weight excluding hydrogens is 268 g/mol. The van der Waals surface area contributed by atoms with Crippen molar-refractivity contribution < 1.29 is 14.3 Å². The molecule has 1 saturated carbocycles. The number of hydrogen-bond acceptors (Lipinski definition) is 3. The summed E-state index contributed by atoms with van der Waals surface area (Å²) in [6, 6.07) is -0.738. The summed E-state index contributed by atoms with van der Waals surface area (Å²) < 4.78 is 5.76. The molecule has 1 aliphatic carbocycles. The van der Waals surface area contributed by atoms with Crippen LogP contribution in [0.2, 0.25) is 0 Å². The minimum atomic E-state index is -0.436. The number of carbonyl (C=O) groups is 2. The Kier molecular flexibility index (Phi) is 4.34. The number of rotatable bonds is 4. The van der Waals surface area contributed by atoms with Crippen LogP contribution in [0.5, 0.6) is 0 Å². The molecule has 1 heterocycles. The minimum Gasteiger partial charge on any atom is -0.378 e. The van der Waals surface area contributed by atoms with Crippen molar-refractivity contribution in [3.8, 4) is 0 Å². The van der Waals surface area contributed by atoms with E-state index in [2.05, 4.69) is 19.2 Å². The zero-order valence-corrected chi connectivity index (χ0v) is 14.0. The van der Waals surface area contributed by atoms with Gasteiger partial charge in [0.15, 0.2) is 0 Å². The number of ether oxygens (including phenoxy) is 1. The number of carbonyl (C=O) groups excluding carboxylic acids is 2. The lowest BCUT2D eigenvalue weighted by molar-refractivity contribution is -0.184. The van der Waals surface area contributed by atoms with Gasteiger partial charge in [-0.3, -0.25) is 9.59 Å². The summed E-state index contributed by atoms with van der Waals surface area (Å²) in [5.74, 6) is 0.0949. The Labute approximate surface area is 127 Å². The lowest BCUT2D eigenvalue weighted by Crippen LogP contribution is -2.73. The predicted molar refractivity (Wildman–Crippen MR) is 80.7 cm³/mol. The summed E-state index contributed by atoms with van der Waals surface area (Å²) in [7, 11) is 0. The summed E-state index contributed by atoms with van der Waals surface area (Å²) in [6.07, 6.45) is 0.976. The molecule has 2 rings (SSSR count). The molecule has 5 heteroatoms. The minimum absolute atomic E-state index is 0.0290. The molecule has 120 valence electrons. The fourth-order valence-corrected chi connectivity index (χ4v) is 3.64. The highest BCUT2D eigenvalue weighted by Crippen LogP contribution is 2.47. The van der Waals surface area contributed by atoms with Crippen LogP contribution in [0, 0.1) is 11.3 Å². The summed E-state index contributed by atoms with van der Waals surface area (Å²) in [5.41, 5.74) is -0.115. The highest BCUT2D eigenvalue weighted by atomic mass is 16.5. The predicted octanol–water partition coefficient (Wildman–Crippen LogP) is 1.56. The van der Waals surface area contributed by atoms with Gasteiger partial charge in [0.1, 0.15) is 12.1 Å². The Morgan fingerprint density at radius 1 is 1.38 bits per heavy atom. The second kappa shape index (κ2) is 5.59. The van der Waals surface area contributed by atoms with Crippen molar-refractivity contribution in [2.24, 2.45) is 11.3 Å². The van der Waals surface area contributed by atoms with E-state index >= 15 is 0 Å². The zero-order valence-electron chi connectivity index (χ0n) is 14.0. The maximum atomic E-state index is 12.6. The molecule has 0 aromatic carbocycles. The summed E-state index contributed by atoms with van der Waals surface area (Å²) >= 11 is 0. The smallest absolute Gasteiger partial charge is 0.245 e. The van der Waals surface area contributed by atoms with Crippen LogP contribution < -0.4 is 5.32 Å². The van der Waals surface area contributed by atoms with E-state index in [4.69, 9.17) is 4.74 Å².